The highest BCUT2D eigenvalue weighted by Crippen LogP contribution is 2.17. The lowest BCUT2D eigenvalue weighted by molar-refractivity contribution is -0.155. The summed E-state index contributed by atoms with van der Waals surface area (Å²) < 4.78 is 5.06. The number of hydrogen-bond acceptors (Lipinski definition) is 7. The fourth-order valence-corrected chi connectivity index (χ4v) is 3.04. The number of aryl methyl sites for hydroxylation is 1. The Morgan fingerprint density at radius 1 is 1.21 bits per heavy atom. The maximum Gasteiger partial charge on any atom is 0.330 e. The van der Waals surface area contributed by atoms with Crippen molar-refractivity contribution in [2.24, 2.45) is 0 Å². The fourth-order valence-electron chi connectivity index (χ4n) is 3.04. The first kappa shape index (κ1) is 20.4. The van der Waals surface area contributed by atoms with Crippen LogP contribution < -0.4 is 10.6 Å². The number of nitrogens with zero attached hydrogens (tertiary/aromatic N) is 4. The molecular formula is C19H24N6O4. The average molecular weight is 400 g/mol. The molecule has 1 aromatic carbocycles. The highest BCUT2D eigenvalue weighted by Gasteiger charge is 2.23. The summed E-state index contributed by atoms with van der Waals surface area (Å²) in [6.45, 7) is 3.06. The minimum Gasteiger partial charge on any atom is -0.451 e. The number of rotatable bonds is 6. The summed E-state index contributed by atoms with van der Waals surface area (Å²) in [7, 11) is 0. The molecule has 2 N–H and O–H groups in total. The summed E-state index contributed by atoms with van der Waals surface area (Å²) in [5, 5.41) is 16.8. The van der Waals surface area contributed by atoms with Gasteiger partial charge in [0.05, 0.1) is 0 Å². The van der Waals surface area contributed by atoms with E-state index >= 15 is 0 Å². The third kappa shape index (κ3) is 5.84. The van der Waals surface area contributed by atoms with Crippen molar-refractivity contribution in [1.82, 2.24) is 30.8 Å². The Hall–Kier alpha value is -3.30. The van der Waals surface area contributed by atoms with E-state index in [9.17, 15) is 14.4 Å². The highest BCUT2D eigenvalue weighted by molar-refractivity contribution is 5.97. The molecule has 0 spiro atoms. The molecule has 0 radical (unpaired) electrons. The van der Waals surface area contributed by atoms with Crippen LogP contribution in [0.3, 0.4) is 0 Å². The Bertz CT molecular complexity index is 873. The van der Waals surface area contributed by atoms with Crippen molar-refractivity contribution in [3.8, 4) is 11.4 Å². The van der Waals surface area contributed by atoms with Crippen LogP contribution in [0.2, 0.25) is 0 Å². The molecule has 10 nitrogen and oxygen atoms in total. The Balaban J connectivity index is 1.46. The SMILES string of the molecule is Cc1ccc(-c2nnn(CC(=O)O[C@@H](C)C(=O)NC(=O)NC3CCCC3)n2)cc1. The Kier molecular flexibility index (Phi) is 6.53. The van der Waals surface area contributed by atoms with E-state index in [0.717, 1.165) is 41.6 Å². The molecule has 1 fully saturated rings. The van der Waals surface area contributed by atoms with Gasteiger partial charge in [-0.25, -0.2) is 9.59 Å². The third-order valence-electron chi connectivity index (χ3n) is 4.64. The molecule has 1 aliphatic carbocycles. The van der Waals surface area contributed by atoms with E-state index in [4.69, 9.17) is 4.74 Å². The van der Waals surface area contributed by atoms with Gasteiger partial charge < -0.3 is 10.1 Å². The molecule has 0 saturated heterocycles. The van der Waals surface area contributed by atoms with Gasteiger partial charge in [-0.2, -0.15) is 4.80 Å². The van der Waals surface area contributed by atoms with Crippen molar-refractivity contribution in [2.45, 2.75) is 58.2 Å². The zero-order valence-corrected chi connectivity index (χ0v) is 16.4. The molecule has 29 heavy (non-hydrogen) atoms. The van der Waals surface area contributed by atoms with E-state index in [1.54, 1.807) is 0 Å². The third-order valence-corrected chi connectivity index (χ3v) is 4.64. The standard InChI is InChI=1S/C19H24N6O4/c1-12-7-9-14(10-8-12)17-22-24-25(23-17)11-16(26)29-13(2)18(27)21-19(28)20-15-5-3-4-6-15/h7-10,13,15H,3-6,11H2,1-2H3,(H2,20,21,27,28)/t13-/m0/s1. The predicted molar refractivity (Wildman–Crippen MR) is 102 cm³/mol. The van der Waals surface area contributed by atoms with Crippen molar-refractivity contribution in [3.05, 3.63) is 29.8 Å². The molecule has 1 aromatic heterocycles. The van der Waals surface area contributed by atoms with Crippen LogP contribution in [0.4, 0.5) is 4.79 Å². The molecule has 0 bridgehead atoms. The maximum absolute atomic E-state index is 12.1. The van der Waals surface area contributed by atoms with E-state index in [0.29, 0.717) is 5.82 Å². The Labute approximate surface area is 168 Å². The van der Waals surface area contributed by atoms with Crippen LogP contribution in [-0.4, -0.2) is 50.3 Å². The van der Waals surface area contributed by atoms with Gasteiger partial charge in [-0.15, -0.1) is 10.2 Å². The highest BCUT2D eigenvalue weighted by atomic mass is 16.5. The maximum atomic E-state index is 12.1. The number of ether oxygens (including phenoxy) is 1. The summed E-state index contributed by atoms with van der Waals surface area (Å²) in [4.78, 5) is 37.0. The lowest BCUT2D eigenvalue weighted by atomic mass is 10.1. The molecule has 3 rings (SSSR count). The minimum atomic E-state index is -1.13. The number of nitrogens with one attached hydrogen (secondary N) is 2. The van der Waals surface area contributed by atoms with E-state index in [2.05, 4.69) is 26.0 Å². The normalized spacial score (nSPS) is 15.0. The topological polar surface area (TPSA) is 128 Å². The van der Waals surface area contributed by atoms with Crippen LogP contribution in [0, 0.1) is 6.92 Å². The lowest BCUT2D eigenvalue weighted by Crippen LogP contribution is -2.47. The second-order valence-electron chi connectivity index (χ2n) is 7.09. The van der Waals surface area contributed by atoms with E-state index in [1.807, 2.05) is 31.2 Å². The first-order valence-electron chi connectivity index (χ1n) is 9.56. The zero-order valence-electron chi connectivity index (χ0n) is 16.4. The van der Waals surface area contributed by atoms with Gasteiger partial charge in [0.15, 0.2) is 12.6 Å². The molecule has 1 saturated carbocycles. The van der Waals surface area contributed by atoms with Crippen molar-refractivity contribution in [1.29, 1.82) is 0 Å². The number of amides is 3. The number of hydrogen-bond donors (Lipinski definition) is 2. The number of imide groups is 1. The van der Waals surface area contributed by atoms with Crippen LogP contribution in [0.5, 0.6) is 0 Å². The predicted octanol–water partition coefficient (Wildman–Crippen LogP) is 1.35. The minimum absolute atomic E-state index is 0.0850. The van der Waals surface area contributed by atoms with E-state index in [-0.39, 0.29) is 12.6 Å². The van der Waals surface area contributed by atoms with Gasteiger partial charge in [-0.1, -0.05) is 42.7 Å². The Morgan fingerprint density at radius 2 is 1.90 bits per heavy atom. The number of urea groups is 1. The van der Waals surface area contributed by atoms with Crippen LogP contribution in [0.15, 0.2) is 24.3 Å². The Morgan fingerprint density at radius 3 is 2.59 bits per heavy atom. The lowest BCUT2D eigenvalue weighted by Gasteiger charge is -2.15. The molecule has 3 amide bonds. The van der Waals surface area contributed by atoms with Gasteiger partial charge in [-0.3, -0.25) is 10.1 Å². The summed E-state index contributed by atoms with van der Waals surface area (Å²) in [6.07, 6.45) is 2.81. The first-order valence-corrected chi connectivity index (χ1v) is 9.56. The summed E-state index contributed by atoms with van der Waals surface area (Å²) in [6, 6.07) is 7.07. The van der Waals surface area contributed by atoms with Crippen molar-refractivity contribution < 1.29 is 19.1 Å². The summed E-state index contributed by atoms with van der Waals surface area (Å²) in [5.74, 6) is -1.02. The molecule has 1 heterocycles. The summed E-state index contributed by atoms with van der Waals surface area (Å²) >= 11 is 0. The van der Waals surface area contributed by atoms with Crippen molar-refractivity contribution >= 4 is 17.9 Å². The number of carbonyl (C=O) groups excluding carboxylic acids is 3. The van der Waals surface area contributed by atoms with Gasteiger partial charge in [0.2, 0.25) is 5.82 Å². The average Bonchev–Trinajstić information content (AvgIpc) is 3.34. The van der Waals surface area contributed by atoms with Crippen molar-refractivity contribution in [2.75, 3.05) is 0 Å². The number of benzene rings is 1. The van der Waals surface area contributed by atoms with E-state index < -0.39 is 24.0 Å². The molecular weight excluding hydrogens is 376 g/mol. The van der Waals surface area contributed by atoms with Gasteiger partial charge in [0.25, 0.3) is 5.91 Å². The quantitative estimate of drug-likeness (QED) is 0.700. The zero-order chi connectivity index (χ0) is 20.8. The molecule has 0 unspecified atom stereocenters. The van der Waals surface area contributed by atoms with Crippen molar-refractivity contribution in [3.63, 3.8) is 0 Å². The largest absolute Gasteiger partial charge is 0.451 e. The van der Waals surface area contributed by atoms with Gasteiger partial charge in [-0.05, 0) is 31.9 Å². The molecule has 10 heteroatoms. The molecule has 1 atom stereocenters. The smallest absolute Gasteiger partial charge is 0.330 e. The summed E-state index contributed by atoms with van der Waals surface area (Å²) in [5.41, 5.74) is 1.88. The first-order chi connectivity index (χ1) is 13.9. The van der Waals surface area contributed by atoms with Gasteiger partial charge >= 0.3 is 12.0 Å². The van der Waals surface area contributed by atoms with Crippen LogP contribution >= 0.6 is 0 Å². The second-order valence-corrected chi connectivity index (χ2v) is 7.09. The fraction of sp³-hybridized carbons (Fsp3) is 0.474. The second kappa shape index (κ2) is 9.26. The number of aromatic nitrogens is 4. The molecule has 1 aliphatic rings. The van der Waals surface area contributed by atoms with E-state index in [1.165, 1.54) is 6.92 Å². The number of esters is 1. The van der Waals surface area contributed by atoms with Crippen LogP contribution in [0.25, 0.3) is 11.4 Å². The van der Waals surface area contributed by atoms with Gasteiger partial charge in [0, 0.05) is 11.6 Å². The molecule has 2 aromatic rings. The molecule has 0 aliphatic heterocycles. The number of carbonyl (C=O) groups is 3. The molecule has 154 valence electrons. The number of tetrazole rings is 1. The monoisotopic (exact) mass is 400 g/mol. The van der Waals surface area contributed by atoms with Crippen LogP contribution in [-0.2, 0) is 20.9 Å². The van der Waals surface area contributed by atoms with Crippen LogP contribution in [0.1, 0.15) is 38.2 Å². The van der Waals surface area contributed by atoms with Gasteiger partial charge in [0.1, 0.15) is 0 Å².